The number of nitrogens with zero attached hydrogens (tertiary/aromatic N) is 1. The van der Waals surface area contributed by atoms with Gasteiger partial charge in [0.15, 0.2) is 5.16 Å². The molecule has 0 aliphatic heterocycles. The van der Waals surface area contributed by atoms with Gasteiger partial charge < -0.3 is 10.3 Å². The van der Waals surface area contributed by atoms with Gasteiger partial charge in [-0.25, -0.2) is 4.98 Å². The first-order valence-electron chi connectivity index (χ1n) is 9.58. The Morgan fingerprint density at radius 2 is 1.63 bits per heavy atom. The third-order valence-corrected chi connectivity index (χ3v) is 5.58. The lowest BCUT2D eigenvalue weighted by molar-refractivity contribution is -0.115. The molecule has 0 radical (unpaired) electrons. The van der Waals surface area contributed by atoms with E-state index in [2.05, 4.69) is 34.6 Å². The summed E-state index contributed by atoms with van der Waals surface area (Å²) < 4.78 is 0. The van der Waals surface area contributed by atoms with Crippen molar-refractivity contribution in [1.29, 1.82) is 0 Å². The van der Waals surface area contributed by atoms with E-state index in [9.17, 15) is 4.79 Å². The molecule has 0 unspecified atom stereocenters. The number of benzene rings is 3. The highest BCUT2D eigenvalue weighted by atomic mass is 35.5. The van der Waals surface area contributed by atoms with Gasteiger partial charge in [-0.2, -0.15) is 0 Å². The second kappa shape index (κ2) is 9.65. The van der Waals surface area contributed by atoms with Crippen molar-refractivity contribution in [2.75, 3.05) is 11.1 Å². The lowest BCUT2D eigenvalue weighted by Gasteiger charge is -2.04. The fraction of sp³-hybridized carbons (Fsp3) is 0.0833. The maximum Gasteiger partial charge on any atom is 0.225 e. The Hall–Kier alpha value is -3.02. The van der Waals surface area contributed by atoms with Crippen LogP contribution >= 0.6 is 23.4 Å². The number of amides is 1. The van der Waals surface area contributed by atoms with Gasteiger partial charge in [-0.15, -0.1) is 0 Å². The van der Waals surface area contributed by atoms with Crippen molar-refractivity contribution >= 4 is 35.0 Å². The predicted octanol–water partition coefficient (Wildman–Crippen LogP) is 6.52. The summed E-state index contributed by atoms with van der Waals surface area (Å²) in [6.45, 7) is 0. The number of aromatic amines is 1. The molecule has 1 heterocycles. The van der Waals surface area contributed by atoms with Crippen LogP contribution in [0.15, 0.2) is 90.1 Å². The Morgan fingerprint density at radius 1 is 0.933 bits per heavy atom. The summed E-state index contributed by atoms with van der Waals surface area (Å²) in [4.78, 5) is 20.5. The zero-order valence-electron chi connectivity index (χ0n) is 16.1. The van der Waals surface area contributed by atoms with E-state index in [1.54, 1.807) is 12.1 Å². The van der Waals surface area contributed by atoms with E-state index in [4.69, 9.17) is 16.6 Å². The van der Waals surface area contributed by atoms with Crippen LogP contribution in [0.3, 0.4) is 0 Å². The Labute approximate surface area is 184 Å². The van der Waals surface area contributed by atoms with Gasteiger partial charge in [-0.1, -0.05) is 90.1 Å². The zero-order valence-corrected chi connectivity index (χ0v) is 17.7. The minimum atomic E-state index is -0.0529. The van der Waals surface area contributed by atoms with E-state index in [0.29, 0.717) is 22.9 Å². The van der Waals surface area contributed by atoms with Crippen LogP contribution in [0, 0.1) is 0 Å². The molecule has 1 aromatic heterocycles. The Bertz CT molecular complexity index is 1070. The number of thioether (sulfide) groups is 1. The average Bonchev–Trinajstić information content (AvgIpc) is 3.19. The predicted molar refractivity (Wildman–Crippen MR) is 125 cm³/mol. The standard InChI is InChI=1S/C24H20ClN3OS/c25-19-12-7-13-20(16-19)26-21(29)14-15-30-24-27-22(17-8-3-1-4-9-17)23(28-24)18-10-5-2-6-11-18/h1-13,16H,14-15H2,(H,26,29)(H,27,28). The van der Waals surface area contributed by atoms with Gasteiger partial charge in [-0.3, -0.25) is 4.79 Å². The van der Waals surface area contributed by atoms with Gasteiger partial charge in [0.25, 0.3) is 0 Å². The average molecular weight is 434 g/mol. The lowest BCUT2D eigenvalue weighted by Crippen LogP contribution is -2.12. The largest absolute Gasteiger partial charge is 0.332 e. The topological polar surface area (TPSA) is 57.8 Å². The van der Waals surface area contributed by atoms with Crippen molar-refractivity contribution in [1.82, 2.24) is 9.97 Å². The van der Waals surface area contributed by atoms with Crippen LogP contribution in [0.5, 0.6) is 0 Å². The van der Waals surface area contributed by atoms with E-state index >= 15 is 0 Å². The number of halogens is 1. The summed E-state index contributed by atoms with van der Waals surface area (Å²) in [6.07, 6.45) is 0.374. The van der Waals surface area contributed by atoms with E-state index in [-0.39, 0.29) is 5.91 Å². The van der Waals surface area contributed by atoms with Crippen LogP contribution < -0.4 is 5.32 Å². The molecule has 0 aliphatic carbocycles. The number of nitrogens with one attached hydrogen (secondary N) is 2. The SMILES string of the molecule is O=C(CCSc1nc(-c2ccccc2)c(-c2ccccc2)[nH]1)Nc1cccc(Cl)c1. The van der Waals surface area contributed by atoms with Gasteiger partial charge in [0.1, 0.15) is 0 Å². The smallest absolute Gasteiger partial charge is 0.225 e. The van der Waals surface area contributed by atoms with Gasteiger partial charge in [-0.05, 0) is 18.2 Å². The molecule has 1 amide bonds. The number of rotatable bonds is 7. The Morgan fingerprint density at radius 3 is 2.33 bits per heavy atom. The summed E-state index contributed by atoms with van der Waals surface area (Å²) in [6, 6.07) is 27.4. The maximum atomic E-state index is 12.2. The number of H-pyrrole nitrogens is 1. The first-order chi connectivity index (χ1) is 14.7. The normalized spacial score (nSPS) is 10.7. The maximum absolute atomic E-state index is 12.2. The van der Waals surface area contributed by atoms with Crippen LogP contribution in [0.2, 0.25) is 5.02 Å². The fourth-order valence-corrected chi connectivity index (χ4v) is 4.07. The molecule has 0 atom stereocenters. The van der Waals surface area contributed by atoms with Gasteiger partial charge in [0.2, 0.25) is 5.91 Å². The summed E-state index contributed by atoms with van der Waals surface area (Å²) in [5, 5.41) is 4.26. The van der Waals surface area contributed by atoms with Crippen molar-refractivity contribution in [2.24, 2.45) is 0 Å². The molecule has 0 saturated carbocycles. The molecule has 150 valence electrons. The summed E-state index contributed by atoms with van der Waals surface area (Å²) in [5.74, 6) is 0.561. The van der Waals surface area contributed by atoms with E-state index in [1.807, 2.05) is 48.5 Å². The van der Waals surface area contributed by atoms with Gasteiger partial charge in [0, 0.05) is 34.0 Å². The molecule has 0 fully saturated rings. The van der Waals surface area contributed by atoms with Gasteiger partial charge in [0.05, 0.1) is 11.4 Å². The van der Waals surface area contributed by atoms with Crippen LogP contribution in [0.4, 0.5) is 5.69 Å². The lowest BCUT2D eigenvalue weighted by atomic mass is 10.1. The molecule has 3 aromatic carbocycles. The zero-order chi connectivity index (χ0) is 20.8. The van der Waals surface area contributed by atoms with Crippen molar-refractivity contribution < 1.29 is 4.79 Å². The Kier molecular flexibility index (Phi) is 6.52. The molecular weight excluding hydrogens is 414 g/mol. The van der Waals surface area contributed by atoms with Crippen LogP contribution in [-0.4, -0.2) is 21.6 Å². The Balaban J connectivity index is 1.45. The molecule has 0 aliphatic rings. The summed E-state index contributed by atoms with van der Waals surface area (Å²) in [7, 11) is 0. The van der Waals surface area contributed by atoms with Crippen molar-refractivity contribution in [2.45, 2.75) is 11.6 Å². The number of imidazole rings is 1. The van der Waals surface area contributed by atoms with Crippen LogP contribution in [0.25, 0.3) is 22.5 Å². The van der Waals surface area contributed by atoms with Crippen molar-refractivity contribution in [3.05, 3.63) is 90.0 Å². The summed E-state index contributed by atoms with van der Waals surface area (Å²) >= 11 is 7.50. The van der Waals surface area contributed by atoms with E-state index in [0.717, 1.165) is 27.7 Å². The third kappa shape index (κ3) is 5.12. The monoisotopic (exact) mass is 433 g/mol. The summed E-state index contributed by atoms with van der Waals surface area (Å²) in [5.41, 5.74) is 4.72. The molecule has 6 heteroatoms. The van der Waals surface area contributed by atoms with Crippen LogP contribution in [0.1, 0.15) is 6.42 Å². The fourth-order valence-electron chi connectivity index (χ4n) is 3.07. The minimum absolute atomic E-state index is 0.0529. The molecule has 0 spiro atoms. The molecular formula is C24H20ClN3OS. The number of aromatic nitrogens is 2. The van der Waals surface area contributed by atoms with E-state index in [1.165, 1.54) is 11.8 Å². The molecule has 30 heavy (non-hydrogen) atoms. The molecule has 2 N–H and O–H groups in total. The first-order valence-corrected chi connectivity index (χ1v) is 10.9. The molecule has 4 aromatic rings. The molecule has 0 bridgehead atoms. The second-order valence-corrected chi connectivity index (χ2v) is 8.17. The quantitative estimate of drug-likeness (QED) is 0.326. The number of carbonyl (C=O) groups excluding carboxylic acids is 1. The molecule has 0 saturated heterocycles. The van der Waals surface area contributed by atoms with Crippen LogP contribution in [-0.2, 0) is 4.79 Å². The van der Waals surface area contributed by atoms with E-state index < -0.39 is 0 Å². The second-order valence-electron chi connectivity index (χ2n) is 6.65. The van der Waals surface area contributed by atoms with Crippen molar-refractivity contribution in [3.63, 3.8) is 0 Å². The molecule has 4 rings (SSSR count). The molecule has 4 nitrogen and oxygen atoms in total. The third-order valence-electron chi connectivity index (χ3n) is 4.47. The first kappa shape index (κ1) is 20.3. The highest BCUT2D eigenvalue weighted by Gasteiger charge is 2.14. The number of anilines is 1. The minimum Gasteiger partial charge on any atom is -0.332 e. The highest BCUT2D eigenvalue weighted by Crippen LogP contribution is 2.32. The van der Waals surface area contributed by atoms with Gasteiger partial charge >= 0.3 is 0 Å². The van der Waals surface area contributed by atoms with Crippen molar-refractivity contribution in [3.8, 4) is 22.5 Å². The number of carbonyl (C=O) groups is 1. The highest BCUT2D eigenvalue weighted by molar-refractivity contribution is 7.99. The number of hydrogen-bond acceptors (Lipinski definition) is 3. The number of hydrogen-bond donors (Lipinski definition) is 2.